The number of H-pyrrole nitrogens is 1. The van der Waals surface area contributed by atoms with Crippen LogP contribution < -0.4 is 4.80 Å². The largest absolute Gasteiger partial charge is 0.432 e. The Morgan fingerprint density at radius 3 is 2.62 bits per heavy atom. The number of aromatic nitrogens is 1. The normalized spacial score (nSPS) is 13.3. The van der Waals surface area contributed by atoms with Gasteiger partial charge >= 0.3 is 6.18 Å². The standard InChI is InChI=1S/C4H2F3N3O2S/c5-4(6,7)2-1-13-3(8-2)9-10(11)12/h1H,(H,8,9). The Balaban J connectivity index is 3.07. The minimum atomic E-state index is -4.53. The van der Waals surface area contributed by atoms with Crippen LogP contribution >= 0.6 is 11.3 Å². The molecule has 0 aliphatic carbocycles. The summed E-state index contributed by atoms with van der Waals surface area (Å²) in [5.74, 6) is 0. The first kappa shape index (κ1) is 9.71. The monoisotopic (exact) mass is 213 g/mol. The van der Waals surface area contributed by atoms with Gasteiger partial charge < -0.3 is 4.98 Å². The highest BCUT2D eigenvalue weighted by atomic mass is 32.1. The number of thiazole rings is 1. The number of aromatic amines is 1. The van der Waals surface area contributed by atoms with Gasteiger partial charge in [-0.05, 0) is 0 Å². The van der Waals surface area contributed by atoms with Gasteiger partial charge in [-0.3, -0.25) is 0 Å². The highest BCUT2D eigenvalue weighted by Crippen LogP contribution is 2.27. The van der Waals surface area contributed by atoms with Crippen molar-refractivity contribution in [2.24, 2.45) is 5.10 Å². The van der Waals surface area contributed by atoms with E-state index in [-0.39, 0.29) is 0 Å². The lowest BCUT2D eigenvalue weighted by atomic mass is 10.5. The Bertz CT molecular complexity index is 378. The summed E-state index contributed by atoms with van der Waals surface area (Å²) < 4.78 is 35.7. The first-order valence-electron chi connectivity index (χ1n) is 2.83. The van der Waals surface area contributed by atoms with Crippen molar-refractivity contribution in [3.8, 4) is 0 Å². The van der Waals surface area contributed by atoms with Gasteiger partial charge in [-0.1, -0.05) is 11.3 Å². The summed E-state index contributed by atoms with van der Waals surface area (Å²) in [6.45, 7) is 0. The molecule has 0 aromatic carbocycles. The first-order valence-corrected chi connectivity index (χ1v) is 3.71. The van der Waals surface area contributed by atoms with Crippen LogP contribution in [-0.2, 0) is 6.18 Å². The van der Waals surface area contributed by atoms with Crippen LogP contribution in [0.1, 0.15) is 5.69 Å². The van der Waals surface area contributed by atoms with Crippen LogP contribution in [0.4, 0.5) is 13.2 Å². The molecule has 1 aromatic heterocycles. The van der Waals surface area contributed by atoms with E-state index in [0.29, 0.717) is 11.3 Å². The number of hydrogen-bond donors (Lipinski definition) is 1. The quantitative estimate of drug-likeness (QED) is 0.562. The molecule has 0 unspecified atom stereocenters. The molecular weight excluding hydrogens is 211 g/mol. The third kappa shape index (κ3) is 2.54. The van der Waals surface area contributed by atoms with Gasteiger partial charge in [0.25, 0.3) is 4.80 Å². The predicted octanol–water partition coefficient (Wildman–Crippen LogP) is 1.19. The van der Waals surface area contributed by atoms with Gasteiger partial charge in [0.15, 0.2) is 5.03 Å². The number of rotatable bonds is 1. The molecule has 0 fully saturated rings. The van der Waals surface area contributed by atoms with Crippen molar-refractivity contribution in [1.29, 1.82) is 0 Å². The van der Waals surface area contributed by atoms with Gasteiger partial charge in [0.2, 0.25) is 0 Å². The molecule has 0 amide bonds. The summed E-state index contributed by atoms with van der Waals surface area (Å²) >= 11 is 0.521. The fourth-order valence-electron chi connectivity index (χ4n) is 0.549. The second kappa shape index (κ2) is 3.17. The van der Waals surface area contributed by atoms with Gasteiger partial charge in [-0.15, -0.1) is 0 Å². The average molecular weight is 213 g/mol. The highest BCUT2D eigenvalue weighted by Gasteiger charge is 2.32. The molecule has 1 aromatic rings. The zero-order valence-electron chi connectivity index (χ0n) is 5.83. The summed E-state index contributed by atoms with van der Waals surface area (Å²) in [6.07, 6.45) is -4.53. The van der Waals surface area contributed by atoms with Crippen LogP contribution in [0.2, 0.25) is 0 Å². The van der Waals surface area contributed by atoms with E-state index in [1.807, 2.05) is 0 Å². The minimum Gasteiger partial charge on any atom is -0.322 e. The molecule has 5 nitrogen and oxygen atoms in total. The molecule has 1 rings (SSSR count). The van der Waals surface area contributed by atoms with E-state index in [2.05, 4.69) is 5.10 Å². The Kier molecular flexibility index (Phi) is 2.36. The van der Waals surface area contributed by atoms with Gasteiger partial charge in [0.1, 0.15) is 5.69 Å². The molecule has 1 N–H and O–H groups in total. The van der Waals surface area contributed by atoms with Gasteiger partial charge in [-0.25, -0.2) is 10.1 Å². The highest BCUT2D eigenvalue weighted by molar-refractivity contribution is 7.07. The summed E-state index contributed by atoms with van der Waals surface area (Å²) in [5.41, 5.74) is -1.04. The van der Waals surface area contributed by atoms with E-state index in [0.717, 1.165) is 5.38 Å². The van der Waals surface area contributed by atoms with Gasteiger partial charge in [0.05, 0.1) is 5.10 Å². The van der Waals surface area contributed by atoms with Crippen molar-refractivity contribution in [1.82, 2.24) is 4.98 Å². The maximum atomic E-state index is 11.9. The second-order valence-corrected chi connectivity index (χ2v) is 2.77. The lowest BCUT2D eigenvalue weighted by Gasteiger charge is -1.99. The Hall–Kier alpha value is -1.38. The summed E-state index contributed by atoms with van der Waals surface area (Å²) in [4.78, 5) is 11.2. The maximum Gasteiger partial charge on any atom is 0.432 e. The molecule has 0 bridgehead atoms. The zero-order valence-corrected chi connectivity index (χ0v) is 6.65. The van der Waals surface area contributed by atoms with Crippen LogP contribution in [0, 0.1) is 10.1 Å². The fraction of sp³-hybridized carbons (Fsp3) is 0.250. The van der Waals surface area contributed by atoms with Crippen LogP contribution in [0.25, 0.3) is 0 Å². The molecule has 0 aliphatic rings. The number of halogens is 3. The molecule has 0 radical (unpaired) electrons. The SMILES string of the molecule is O=[N+]([O-])/N=c1\[nH]c(C(F)(F)F)cs1. The van der Waals surface area contributed by atoms with Crippen molar-refractivity contribution in [3.05, 3.63) is 26.0 Å². The topological polar surface area (TPSA) is 71.3 Å². The van der Waals surface area contributed by atoms with Crippen LogP contribution in [0.5, 0.6) is 0 Å². The number of nitrogens with one attached hydrogen (secondary N) is 1. The predicted molar refractivity (Wildman–Crippen MR) is 36.2 cm³/mol. The number of nitrogens with zero attached hydrogens (tertiary/aromatic N) is 2. The molecule has 0 saturated carbocycles. The van der Waals surface area contributed by atoms with E-state index in [9.17, 15) is 23.3 Å². The Labute approximate surface area is 72.7 Å². The third-order valence-corrected chi connectivity index (χ3v) is 1.77. The summed E-state index contributed by atoms with van der Waals surface area (Å²) in [6, 6.07) is 0. The number of hydrogen-bond acceptors (Lipinski definition) is 3. The van der Waals surface area contributed by atoms with Crippen molar-refractivity contribution in [2.45, 2.75) is 6.18 Å². The molecule has 0 atom stereocenters. The van der Waals surface area contributed by atoms with Gasteiger partial charge in [-0.2, -0.15) is 13.2 Å². The molecule has 0 saturated heterocycles. The molecular formula is C4H2F3N3O2S. The van der Waals surface area contributed by atoms with Crippen LogP contribution in [0.3, 0.4) is 0 Å². The van der Waals surface area contributed by atoms with Crippen molar-refractivity contribution in [2.75, 3.05) is 0 Å². The average Bonchev–Trinajstić information content (AvgIpc) is 2.32. The van der Waals surface area contributed by atoms with Crippen LogP contribution in [0.15, 0.2) is 10.5 Å². The molecule has 72 valence electrons. The third-order valence-electron chi connectivity index (χ3n) is 1.01. The lowest BCUT2D eigenvalue weighted by molar-refractivity contribution is -0.490. The van der Waals surface area contributed by atoms with Crippen molar-refractivity contribution >= 4 is 11.3 Å². The van der Waals surface area contributed by atoms with Crippen LogP contribution in [-0.4, -0.2) is 10.0 Å². The molecule has 13 heavy (non-hydrogen) atoms. The minimum absolute atomic E-state index is 0.391. The van der Waals surface area contributed by atoms with E-state index in [4.69, 9.17) is 0 Å². The molecule has 9 heteroatoms. The van der Waals surface area contributed by atoms with E-state index >= 15 is 0 Å². The maximum absolute atomic E-state index is 11.9. The van der Waals surface area contributed by atoms with Crippen molar-refractivity contribution < 1.29 is 18.2 Å². The van der Waals surface area contributed by atoms with Gasteiger partial charge in [0, 0.05) is 5.38 Å². The van der Waals surface area contributed by atoms with E-state index < -0.39 is 21.7 Å². The number of alkyl halides is 3. The molecule has 1 heterocycles. The molecule has 0 aliphatic heterocycles. The summed E-state index contributed by atoms with van der Waals surface area (Å²) in [5, 5.41) is 12.1. The van der Waals surface area contributed by atoms with E-state index in [1.165, 1.54) is 0 Å². The second-order valence-electron chi connectivity index (χ2n) is 1.92. The number of nitro groups is 1. The fourth-order valence-corrected chi connectivity index (χ4v) is 1.25. The Morgan fingerprint density at radius 1 is 1.62 bits per heavy atom. The summed E-state index contributed by atoms with van der Waals surface area (Å²) in [7, 11) is 0. The molecule has 0 spiro atoms. The first-order chi connectivity index (χ1) is 5.89. The lowest BCUT2D eigenvalue weighted by Crippen LogP contribution is -2.10. The zero-order chi connectivity index (χ0) is 10.1. The smallest absolute Gasteiger partial charge is 0.322 e. The Morgan fingerprint density at radius 2 is 2.23 bits per heavy atom. The van der Waals surface area contributed by atoms with E-state index in [1.54, 1.807) is 4.98 Å². The van der Waals surface area contributed by atoms with Crippen molar-refractivity contribution in [3.63, 3.8) is 0 Å².